The number of hydrogen-bond donors (Lipinski definition) is 1. The van der Waals surface area contributed by atoms with Crippen molar-refractivity contribution in [1.29, 1.82) is 0 Å². The third-order valence-electron chi connectivity index (χ3n) is 4.43. The molecule has 0 spiro atoms. The van der Waals surface area contributed by atoms with E-state index < -0.39 is 0 Å². The number of imidazole rings is 1. The van der Waals surface area contributed by atoms with Crippen molar-refractivity contribution < 1.29 is 4.79 Å². The maximum absolute atomic E-state index is 12.3. The molecule has 2 aromatic carbocycles. The Labute approximate surface area is 187 Å². The van der Waals surface area contributed by atoms with Gasteiger partial charge in [-0.25, -0.2) is 10.4 Å². The second-order valence-electron chi connectivity index (χ2n) is 6.59. The van der Waals surface area contributed by atoms with Crippen LogP contribution in [0.4, 0.5) is 0 Å². The van der Waals surface area contributed by atoms with E-state index >= 15 is 0 Å². The van der Waals surface area contributed by atoms with Crippen LogP contribution in [0.15, 0.2) is 76.3 Å². The highest BCUT2D eigenvalue weighted by atomic mass is 35.5. The quantitative estimate of drug-likeness (QED) is 0.230. The van der Waals surface area contributed by atoms with Gasteiger partial charge < -0.3 is 4.57 Å². The summed E-state index contributed by atoms with van der Waals surface area (Å²) in [5.74, 6) is 0.0616. The van der Waals surface area contributed by atoms with Crippen molar-refractivity contribution in [3.8, 4) is 0 Å². The first-order chi connectivity index (χ1) is 14.6. The van der Waals surface area contributed by atoms with E-state index in [1.165, 1.54) is 11.8 Å². The Balaban J connectivity index is 1.48. The summed E-state index contributed by atoms with van der Waals surface area (Å²) < 4.78 is 2.12. The lowest BCUT2D eigenvalue weighted by Crippen LogP contribution is -2.21. The highest BCUT2D eigenvalue weighted by molar-refractivity contribution is 7.99. The molecule has 2 aromatic heterocycles. The number of fused-ring (bicyclic) bond motifs is 1. The Hall–Kier alpha value is -2.61. The standard InChI is InChI=1S/C22H19ClN4OS2/c1-15(20-7-4-12-29-20)25-26-21(28)14-30-22-24-18-5-2-3-6-19(18)27(22)13-16-8-10-17(23)11-9-16/h2-12H,13-14H2,1H3,(H,26,28)/b25-15-. The molecule has 4 rings (SSSR count). The van der Waals surface area contributed by atoms with Crippen LogP contribution in [0, 0.1) is 0 Å². The molecule has 5 nitrogen and oxygen atoms in total. The van der Waals surface area contributed by atoms with Crippen LogP contribution >= 0.6 is 34.7 Å². The normalized spacial score (nSPS) is 11.7. The third kappa shape index (κ3) is 4.92. The van der Waals surface area contributed by atoms with E-state index in [4.69, 9.17) is 16.6 Å². The van der Waals surface area contributed by atoms with Crippen LogP contribution in [-0.2, 0) is 11.3 Å². The summed E-state index contributed by atoms with van der Waals surface area (Å²) in [5.41, 5.74) is 6.47. The number of carbonyl (C=O) groups is 1. The molecule has 4 aromatic rings. The Morgan fingerprint density at radius 2 is 1.97 bits per heavy atom. The number of carbonyl (C=O) groups excluding carboxylic acids is 1. The van der Waals surface area contributed by atoms with Crippen molar-refractivity contribution in [2.24, 2.45) is 5.10 Å². The summed E-state index contributed by atoms with van der Waals surface area (Å²) in [6.45, 7) is 2.53. The molecule has 0 saturated carbocycles. The number of thiophene rings is 1. The van der Waals surface area contributed by atoms with E-state index in [2.05, 4.69) is 15.1 Å². The Bertz CT molecular complexity index is 1180. The molecule has 30 heavy (non-hydrogen) atoms. The summed E-state index contributed by atoms with van der Waals surface area (Å²) in [7, 11) is 0. The first kappa shape index (κ1) is 20.7. The largest absolute Gasteiger partial charge is 0.314 e. The first-order valence-electron chi connectivity index (χ1n) is 9.29. The molecule has 0 radical (unpaired) electrons. The maximum atomic E-state index is 12.3. The molecule has 0 aliphatic heterocycles. The zero-order valence-electron chi connectivity index (χ0n) is 16.2. The van der Waals surface area contributed by atoms with Crippen molar-refractivity contribution in [3.05, 3.63) is 81.5 Å². The van der Waals surface area contributed by atoms with Gasteiger partial charge in [-0.1, -0.05) is 53.7 Å². The minimum Gasteiger partial charge on any atom is -0.314 e. The Morgan fingerprint density at radius 3 is 2.73 bits per heavy atom. The van der Waals surface area contributed by atoms with Crippen molar-refractivity contribution in [2.75, 3.05) is 5.75 Å². The SMILES string of the molecule is C/C(=N/NC(=O)CSc1nc2ccccc2n1Cc1ccc(Cl)cc1)c1cccs1. The molecule has 0 aliphatic rings. The van der Waals surface area contributed by atoms with Gasteiger partial charge in [0.25, 0.3) is 5.91 Å². The molecule has 1 N–H and O–H groups in total. The second-order valence-corrected chi connectivity index (χ2v) is 8.92. The van der Waals surface area contributed by atoms with E-state index in [1.807, 2.05) is 73.0 Å². The topological polar surface area (TPSA) is 59.3 Å². The molecular formula is C22H19ClN4OS2. The second kappa shape index (κ2) is 9.47. The predicted molar refractivity (Wildman–Crippen MR) is 126 cm³/mol. The lowest BCUT2D eigenvalue weighted by Gasteiger charge is -2.09. The molecule has 0 aliphatic carbocycles. The summed E-state index contributed by atoms with van der Waals surface area (Å²) in [6.07, 6.45) is 0. The zero-order valence-corrected chi connectivity index (χ0v) is 18.6. The molecular weight excluding hydrogens is 436 g/mol. The number of aromatic nitrogens is 2. The molecule has 1 amide bonds. The molecule has 152 valence electrons. The Morgan fingerprint density at radius 1 is 1.17 bits per heavy atom. The highest BCUT2D eigenvalue weighted by Crippen LogP contribution is 2.25. The monoisotopic (exact) mass is 454 g/mol. The highest BCUT2D eigenvalue weighted by Gasteiger charge is 2.13. The molecule has 0 saturated heterocycles. The van der Waals surface area contributed by atoms with Gasteiger partial charge in [0.05, 0.1) is 29.0 Å². The van der Waals surface area contributed by atoms with Crippen LogP contribution in [0.1, 0.15) is 17.4 Å². The molecule has 0 atom stereocenters. The van der Waals surface area contributed by atoms with Crippen LogP contribution in [0.25, 0.3) is 11.0 Å². The minimum absolute atomic E-state index is 0.166. The number of nitrogens with one attached hydrogen (secondary N) is 1. The molecule has 2 heterocycles. The van der Waals surface area contributed by atoms with Gasteiger partial charge in [-0.15, -0.1) is 11.3 Å². The first-order valence-corrected chi connectivity index (χ1v) is 11.5. The number of hydrogen-bond acceptors (Lipinski definition) is 5. The van der Waals surface area contributed by atoms with Gasteiger partial charge in [-0.2, -0.15) is 5.10 Å². The molecule has 0 bridgehead atoms. The number of amides is 1. The number of nitrogens with zero attached hydrogens (tertiary/aromatic N) is 3. The number of benzene rings is 2. The van der Waals surface area contributed by atoms with Crippen molar-refractivity contribution in [1.82, 2.24) is 15.0 Å². The van der Waals surface area contributed by atoms with Gasteiger partial charge in [0.2, 0.25) is 0 Å². The summed E-state index contributed by atoms with van der Waals surface area (Å²) in [4.78, 5) is 18.1. The fraction of sp³-hybridized carbons (Fsp3) is 0.136. The van der Waals surface area contributed by atoms with Gasteiger partial charge in [-0.05, 0) is 48.2 Å². The van der Waals surface area contributed by atoms with Crippen LogP contribution in [0.2, 0.25) is 5.02 Å². The van der Waals surface area contributed by atoms with Gasteiger partial charge in [0, 0.05) is 9.90 Å². The van der Waals surface area contributed by atoms with Crippen molar-refractivity contribution in [2.45, 2.75) is 18.6 Å². The summed E-state index contributed by atoms with van der Waals surface area (Å²) >= 11 is 9.00. The van der Waals surface area contributed by atoms with Crippen molar-refractivity contribution in [3.63, 3.8) is 0 Å². The Kier molecular flexibility index (Phi) is 6.52. The van der Waals surface area contributed by atoms with Crippen LogP contribution < -0.4 is 5.43 Å². The van der Waals surface area contributed by atoms with Crippen LogP contribution in [0.3, 0.4) is 0 Å². The van der Waals surface area contributed by atoms with Crippen LogP contribution in [0.5, 0.6) is 0 Å². The molecule has 0 fully saturated rings. The number of para-hydroxylation sites is 2. The van der Waals surface area contributed by atoms with Gasteiger partial charge in [0.1, 0.15) is 0 Å². The number of hydrazone groups is 1. The lowest BCUT2D eigenvalue weighted by atomic mass is 10.2. The predicted octanol–water partition coefficient (Wildman–Crippen LogP) is 5.43. The fourth-order valence-electron chi connectivity index (χ4n) is 2.94. The molecule has 8 heteroatoms. The van der Waals surface area contributed by atoms with Crippen LogP contribution in [-0.4, -0.2) is 26.9 Å². The zero-order chi connectivity index (χ0) is 20.9. The van der Waals surface area contributed by atoms with Gasteiger partial charge >= 0.3 is 0 Å². The smallest absolute Gasteiger partial charge is 0.250 e. The van der Waals surface area contributed by atoms with E-state index in [0.29, 0.717) is 11.6 Å². The third-order valence-corrected chi connectivity index (χ3v) is 6.64. The fourth-order valence-corrected chi connectivity index (χ4v) is 4.55. The van der Waals surface area contributed by atoms with Gasteiger partial charge in [-0.3, -0.25) is 4.79 Å². The number of halogens is 1. The van der Waals surface area contributed by atoms with Gasteiger partial charge in [0.15, 0.2) is 5.16 Å². The number of rotatable bonds is 7. The van der Waals surface area contributed by atoms with Crippen molar-refractivity contribution >= 4 is 57.4 Å². The number of thioether (sulfide) groups is 1. The maximum Gasteiger partial charge on any atom is 0.250 e. The van der Waals surface area contributed by atoms with E-state index in [-0.39, 0.29) is 11.7 Å². The average Bonchev–Trinajstić information content (AvgIpc) is 3.41. The molecule has 0 unspecified atom stereocenters. The lowest BCUT2D eigenvalue weighted by molar-refractivity contribution is -0.118. The van der Waals surface area contributed by atoms with E-state index in [0.717, 1.165) is 32.3 Å². The summed E-state index contributed by atoms with van der Waals surface area (Å²) in [6, 6.07) is 19.7. The van der Waals surface area contributed by atoms with E-state index in [1.54, 1.807) is 11.3 Å². The minimum atomic E-state index is -0.166. The van der Waals surface area contributed by atoms with E-state index in [9.17, 15) is 4.79 Å². The average molecular weight is 455 g/mol. The summed E-state index contributed by atoms with van der Waals surface area (Å²) in [5, 5.41) is 7.68.